The van der Waals surface area contributed by atoms with E-state index in [1.807, 2.05) is 0 Å². The molecule has 1 heterocycles. The van der Waals surface area contributed by atoms with Gasteiger partial charge in [-0.1, -0.05) is 11.6 Å². The molecule has 1 saturated carbocycles. The molecule has 2 rings (SSSR count). The van der Waals surface area contributed by atoms with Crippen LogP contribution in [0.5, 0.6) is 0 Å². The van der Waals surface area contributed by atoms with Gasteiger partial charge < -0.3 is 16.4 Å². The summed E-state index contributed by atoms with van der Waals surface area (Å²) in [6.07, 6.45) is 4.15. The number of anilines is 2. The number of aromatic nitrogens is 1. The normalized spacial score (nSPS) is 14.4. The van der Waals surface area contributed by atoms with Gasteiger partial charge in [0.15, 0.2) is 0 Å². The minimum atomic E-state index is 0.0616. The molecule has 0 unspecified atom stereocenters. The van der Waals surface area contributed by atoms with Crippen molar-refractivity contribution < 1.29 is 4.79 Å². The van der Waals surface area contributed by atoms with Gasteiger partial charge in [-0.2, -0.15) is 0 Å². The van der Waals surface area contributed by atoms with Gasteiger partial charge in [0.1, 0.15) is 5.82 Å². The smallest absolute Gasteiger partial charge is 0.221 e. The van der Waals surface area contributed by atoms with Crippen LogP contribution in [0.4, 0.5) is 11.5 Å². The van der Waals surface area contributed by atoms with E-state index in [2.05, 4.69) is 15.6 Å². The Labute approximate surface area is 105 Å². The second-order valence-electron chi connectivity index (χ2n) is 4.12. The van der Waals surface area contributed by atoms with Crippen LogP contribution in [0.1, 0.15) is 19.3 Å². The van der Waals surface area contributed by atoms with E-state index >= 15 is 0 Å². The summed E-state index contributed by atoms with van der Waals surface area (Å²) in [7, 11) is 0. The predicted octanol–water partition coefficient (Wildman–Crippen LogP) is 1.40. The highest BCUT2D eigenvalue weighted by molar-refractivity contribution is 6.33. The number of hydrogen-bond acceptors (Lipinski definition) is 4. The van der Waals surface area contributed by atoms with E-state index in [9.17, 15) is 4.79 Å². The van der Waals surface area contributed by atoms with Gasteiger partial charge in [0.2, 0.25) is 5.91 Å². The number of nitrogens with one attached hydrogen (secondary N) is 2. The van der Waals surface area contributed by atoms with Crippen LogP contribution in [-0.2, 0) is 4.79 Å². The minimum Gasteiger partial charge on any atom is -0.397 e. The van der Waals surface area contributed by atoms with Crippen molar-refractivity contribution in [2.75, 3.05) is 17.6 Å². The van der Waals surface area contributed by atoms with Gasteiger partial charge in [-0.3, -0.25) is 4.79 Å². The molecule has 1 aromatic rings. The quantitative estimate of drug-likeness (QED) is 0.742. The second kappa shape index (κ2) is 5.23. The number of hydrogen-bond donors (Lipinski definition) is 3. The van der Waals surface area contributed by atoms with Crippen LogP contribution in [0.3, 0.4) is 0 Å². The average Bonchev–Trinajstić information content (AvgIpc) is 3.05. The number of rotatable bonds is 5. The van der Waals surface area contributed by atoms with Crippen LogP contribution in [0.25, 0.3) is 0 Å². The molecule has 1 aliphatic rings. The van der Waals surface area contributed by atoms with Gasteiger partial charge in [-0.25, -0.2) is 4.98 Å². The van der Waals surface area contributed by atoms with Crippen molar-refractivity contribution in [1.82, 2.24) is 10.3 Å². The summed E-state index contributed by atoms with van der Waals surface area (Å²) in [4.78, 5) is 15.4. The fraction of sp³-hybridized carbons (Fsp3) is 0.455. The first-order valence-corrected chi connectivity index (χ1v) is 5.97. The van der Waals surface area contributed by atoms with Gasteiger partial charge >= 0.3 is 0 Å². The Morgan fingerprint density at radius 3 is 3.00 bits per heavy atom. The summed E-state index contributed by atoms with van der Waals surface area (Å²) in [6, 6.07) is 2.03. The maximum Gasteiger partial charge on any atom is 0.221 e. The van der Waals surface area contributed by atoms with Crippen molar-refractivity contribution >= 4 is 29.0 Å². The maximum absolute atomic E-state index is 11.4. The molecule has 6 heteroatoms. The third-order valence-corrected chi connectivity index (χ3v) is 2.74. The standard InChI is InChI=1S/C11H15ClN4O/c12-9-5-7(13)6-15-11(9)14-4-3-10(17)16-8-1-2-8/h5-6,8H,1-4,13H2,(H,14,15)(H,16,17). The molecule has 92 valence electrons. The lowest BCUT2D eigenvalue weighted by atomic mass is 10.3. The maximum atomic E-state index is 11.4. The highest BCUT2D eigenvalue weighted by Gasteiger charge is 2.22. The summed E-state index contributed by atoms with van der Waals surface area (Å²) < 4.78 is 0. The van der Waals surface area contributed by atoms with Crippen molar-refractivity contribution in [3.8, 4) is 0 Å². The van der Waals surface area contributed by atoms with E-state index in [1.165, 1.54) is 6.20 Å². The number of nitrogen functional groups attached to an aromatic ring is 1. The summed E-state index contributed by atoms with van der Waals surface area (Å²) in [5.74, 6) is 0.617. The fourth-order valence-electron chi connectivity index (χ4n) is 1.40. The predicted molar refractivity (Wildman–Crippen MR) is 67.9 cm³/mol. The molecule has 0 aromatic carbocycles. The number of carbonyl (C=O) groups excluding carboxylic acids is 1. The average molecular weight is 255 g/mol. The second-order valence-corrected chi connectivity index (χ2v) is 4.52. The molecule has 17 heavy (non-hydrogen) atoms. The zero-order chi connectivity index (χ0) is 12.3. The third-order valence-electron chi connectivity index (χ3n) is 2.45. The number of nitrogens with zero attached hydrogens (tertiary/aromatic N) is 1. The molecule has 1 amide bonds. The van der Waals surface area contributed by atoms with Gasteiger partial charge in [-0.15, -0.1) is 0 Å². The van der Waals surface area contributed by atoms with Crippen LogP contribution in [0.2, 0.25) is 5.02 Å². The molecule has 4 N–H and O–H groups in total. The van der Waals surface area contributed by atoms with E-state index in [0.29, 0.717) is 35.5 Å². The van der Waals surface area contributed by atoms with E-state index in [1.54, 1.807) is 6.07 Å². The highest BCUT2D eigenvalue weighted by atomic mass is 35.5. The Balaban J connectivity index is 1.75. The van der Waals surface area contributed by atoms with Crippen LogP contribution in [0.15, 0.2) is 12.3 Å². The minimum absolute atomic E-state index is 0.0616. The lowest BCUT2D eigenvalue weighted by molar-refractivity contribution is -0.120. The topological polar surface area (TPSA) is 80.0 Å². The van der Waals surface area contributed by atoms with Gasteiger partial charge in [0.25, 0.3) is 0 Å². The molecule has 0 bridgehead atoms. The molecule has 5 nitrogen and oxygen atoms in total. The third kappa shape index (κ3) is 3.78. The van der Waals surface area contributed by atoms with E-state index in [-0.39, 0.29) is 5.91 Å². The summed E-state index contributed by atoms with van der Waals surface area (Å²) in [5, 5.41) is 6.38. The largest absolute Gasteiger partial charge is 0.397 e. The molecule has 1 aliphatic carbocycles. The Bertz CT molecular complexity index is 420. The van der Waals surface area contributed by atoms with Crippen molar-refractivity contribution in [3.63, 3.8) is 0 Å². The van der Waals surface area contributed by atoms with Crippen molar-refractivity contribution in [2.45, 2.75) is 25.3 Å². The SMILES string of the molecule is Nc1cnc(NCCC(=O)NC2CC2)c(Cl)c1. The van der Waals surface area contributed by atoms with Crippen LogP contribution >= 0.6 is 11.6 Å². The van der Waals surface area contributed by atoms with E-state index < -0.39 is 0 Å². The molecule has 0 aliphatic heterocycles. The molecule has 0 radical (unpaired) electrons. The van der Waals surface area contributed by atoms with Crippen molar-refractivity contribution in [3.05, 3.63) is 17.3 Å². The molecular weight excluding hydrogens is 240 g/mol. The van der Waals surface area contributed by atoms with E-state index in [0.717, 1.165) is 12.8 Å². The van der Waals surface area contributed by atoms with Crippen molar-refractivity contribution in [1.29, 1.82) is 0 Å². The van der Waals surface area contributed by atoms with Crippen LogP contribution in [0, 0.1) is 0 Å². The first-order chi connectivity index (χ1) is 8.15. The van der Waals surface area contributed by atoms with E-state index in [4.69, 9.17) is 17.3 Å². The number of halogens is 1. The lowest BCUT2D eigenvalue weighted by Crippen LogP contribution is -2.27. The summed E-state index contributed by atoms with van der Waals surface area (Å²) in [6.45, 7) is 0.509. The molecule has 0 saturated heterocycles. The molecule has 1 fully saturated rings. The van der Waals surface area contributed by atoms with Gasteiger partial charge in [0, 0.05) is 19.0 Å². The number of nitrogens with two attached hydrogens (primary N) is 1. The first kappa shape index (κ1) is 12.0. The van der Waals surface area contributed by atoms with Gasteiger partial charge in [0.05, 0.1) is 16.9 Å². The van der Waals surface area contributed by atoms with Crippen molar-refractivity contribution in [2.24, 2.45) is 0 Å². The molecule has 1 aromatic heterocycles. The van der Waals surface area contributed by atoms with Crippen LogP contribution < -0.4 is 16.4 Å². The number of carbonyl (C=O) groups is 1. The fourth-order valence-corrected chi connectivity index (χ4v) is 1.65. The zero-order valence-corrected chi connectivity index (χ0v) is 10.1. The monoisotopic (exact) mass is 254 g/mol. The first-order valence-electron chi connectivity index (χ1n) is 5.59. The lowest BCUT2D eigenvalue weighted by Gasteiger charge is -2.07. The molecule has 0 atom stereocenters. The number of pyridine rings is 1. The molecular formula is C11H15ClN4O. The Morgan fingerprint density at radius 2 is 2.35 bits per heavy atom. The molecule has 0 spiro atoms. The van der Waals surface area contributed by atoms with Crippen LogP contribution in [-0.4, -0.2) is 23.5 Å². The summed E-state index contributed by atoms with van der Waals surface area (Å²) in [5.41, 5.74) is 6.05. The summed E-state index contributed by atoms with van der Waals surface area (Å²) >= 11 is 5.93. The Kier molecular flexibility index (Phi) is 3.68. The highest BCUT2D eigenvalue weighted by Crippen LogP contribution is 2.21. The Hall–Kier alpha value is -1.49. The zero-order valence-electron chi connectivity index (χ0n) is 9.37. The number of amides is 1. The van der Waals surface area contributed by atoms with Gasteiger partial charge in [-0.05, 0) is 18.9 Å². The Morgan fingerprint density at radius 1 is 1.59 bits per heavy atom.